The molecule has 1 saturated heterocycles. The molecule has 0 radical (unpaired) electrons. The Bertz CT molecular complexity index is 901. The summed E-state index contributed by atoms with van der Waals surface area (Å²) < 4.78 is 33.0. The number of ether oxygens (including phenoxy) is 1. The quantitative estimate of drug-likeness (QED) is 0.486. The van der Waals surface area contributed by atoms with Crippen molar-refractivity contribution in [3.05, 3.63) is 35.4 Å². The van der Waals surface area contributed by atoms with E-state index in [9.17, 15) is 13.6 Å². The molecule has 3 aliphatic carbocycles. The predicted octanol–water partition coefficient (Wildman–Crippen LogP) is 6.46. The fourth-order valence-electron chi connectivity index (χ4n) is 9.18. The first-order chi connectivity index (χ1) is 15.6. The number of hydrogen-bond acceptors (Lipinski definition) is 3. The van der Waals surface area contributed by atoms with E-state index in [-0.39, 0.29) is 17.1 Å². The second kappa shape index (κ2) is 8.32. The van der Waals surface area contributed by atoms with Crippen molar-refractivity contribution in [1.29, 1.82) is 0 Å². The lowest BCUT2D eigenvalue weighted by Gasteiger charge is -2.62. The number of benzene rings is 1. The summed E-state index contributed by atoms with van der Waals surface area (Å²) in [6, 6.07) is 3.62. The molecule has 5 heteroatoms. The van der Waals surface area contributed by atoms with Gasteiger partial charge in [-0.3, -0.25) is 0 Å². The molecule has 4 aliphatic rings. The first-order valence-electron chi connectivity index (χ1n) is 13.0. The molecule has 3 nitrogen and oxygen atoms in total. The zero-order valence-electron chi connectivity index (χ0n) is 20.6. The van der Waals surface area contributed by atoms with Gasteiger partial charge in [-0.25, -0.2) is 13.6 Å². The maximum absolute atomic E-state index is 13.6. The first-order valence-corrected chi connectivity index (χ1v) is 13.0. The molecule has 1 unspecified atom stereocenters. The van der Waals surface area contributed by atoms with Crippen molar-refractivity contribution in [2.75, 3.05) is 13.6 Å². The Labute approximate surface area is 197 Å². The Morgan fingerprint density at radius 2 is 1.70 bits per heavy atom. The maximum atomic E-state index is 13.6. The molecular weight excluding hydrogens is 420 g/mol. The highest BCUT2D eigenvalue weighted by Crippen LogP contribution is 2.66. The normalized spacial score (nSPS) is 41.6. The van der Waals surface area contributed by atoms with E-state index in [0.29, 0.717) is 17.3 Å². The fourth-order valence-corrected chi connectivity index (χ4v) is 9.18. The van der Waals surface area contributed by atoms with Gasteiger partial charge in [-0.05, 0) is 113 Å². The van der Waals surface area contributed by atoms with Crippen LogP contribution in [0.15, 0.2) is 18.2 Å². The molecule has 1 aromatic rings. The summed E-state index contributed by atoms with van der Waals surface area (Å²) in [4.78, 5) is 15.3. The molecule has 1 heterocycles. The number of nitrogens with zero attached hydrogens (tertiary/aromatic N) is 1. The molecule has 3 saturated carbocycles. The van der Waals surface area contributed by atoms with Crippen LogP contribution in [0.3, 0.4) is 0 Å². The van der Waals surface area contributed by atoms with Crippen molar-refractivity contribution in [1.82, 2.24) is 4.90 Å². The minimum atomic E-state index is -0.752. The summed E-state index contributed by atoms with van der Waals surface area (Å²) in [6.07, 6.45) is 9.75. The summed E-state index contributed by atoms with van der Waals surface area (Å²) in [5.41, 5.74) is 0.544. The van der Waals surface area contributed by atoms with Gasteiger partial charge in [0.1, 0.15) is 17.7 Å². The average molecular weight is 460 g/mol. The molecular formula is C28H39F2NO2. The second-order valence-electron chi connectivity index (χ2n) is 12.1. The van der Waals surface area contributed by atoms with Gasteiger partial charge >= 0.3 is 5.97 Å². The Morgan fingerprint density at radius 3 is 2.42 bits per heavy atom. The van der Waals surface area contributed by atoms with Crippen molar-refractivity contribution in [2.24, 2.45) is 34.5 Å². The molecule has 4 fully saturated rings. The van der Waals surface area contributed by atoms with Gasteiger partial charge in [-0.15, -0.1) is 0 Å². The number of likely N-dealkylation sites (tertiary alicyclic amines) is 1. The van der Waals surface area contributed by atoms with Crippen LogP contribution >= 0.6 is 0 Å². The summed E-state index contributed by atoms with van der Waals surface area (Å²) in [5.74, 6) is 0.409. The van der Waals surface area contributed by atoms with E-state index < -0.39 is 17.6 Å². The van der Waals surface area contributed by atoms with Crippen LogP contribution in [0.1, 0.15) is 82.5 Å². The zero-order chi connectivity index (χ0) is 23.5. The van der Waals surface area contributed by atoms with Crippen LogP contribution in [0, 0.1) is 46.1 Å². The van der Waals surface area contributed by atoms with Gasteiger partial charge in [0, 0.05) is 18.0 Å². The van der Waals surface area contributed by atoms with E-state index in [2.05, 4.69) is 25.8 Å². The molecule has 1 aliphatic heterocycles. The van der Waals surface area contributed by atoms with E-state index in [1.165, 1.54) is 51.5 Å². The van der Waals surface area contributed by atoms with Crippen LogP contribution in [0.5, 0.6) is 0 Å². The van der Waals surface area contributed by atoms with Gasteiger partial charge in [0.15, 0.2) is 0 Å². The Balaban J connectivity index is 1.32. The van der Waals surface area contributed by atoms with Gasteiger partial charge in [0.25, 0.3) is 0 Å². The van der Waals surface area contributed by atoms with E-state index in [0.717, 1.165) is 42.5 Å². The number of esters is 1. The van der Waals surface area contributed by atoms with E-state index >= 15 is 0 Å². The standard InChI is InChI=1S/C28H39F2NO2/c1-17(33-26(32)18-14-19(29)16-20(30)15-18)22-7-8-23-21-6-9-25-28(3,11-5-13-31(25)4)24(21)10-12-27(22,23)2/h14-17,21-25H,5-13H2,1-4H3/t17?,21-,22+,23-,24-,25+,27+,28+/m0/s1. The summed E-state index contributed by atoms with van der Waals surface area (Å²) >= 11 is 0. The van der Waals surface area contributed by atoms with Crippen LogP contribution in [-0.2, 0) is 4.74 Å². The van der Waals surface area contributed by atoms with Crippen LogP contribution < -0.4 is 0 Å². The minimum Gasteiger partial charge on any atom is -0.459 e. The van der Waals surface area contributed by atoms with Crippen LogP contribution in [-0.4, -0.2) is 36.6 Å². The monoisotopic (exact) mass is 459 g/mol. The molecule has 0 bridgehead atoms. The van der Waals surface area contributed by atoms with Gasteiger partial charge < -0.3 is 9.64 Å². The minimum absolute atomic E-state index is 0.0459. The SMILES string of the molecule is CC(OC(=O)c1cc(F)cc(F)c1)[C@H]1CC[C@H]2[C@@H]3CC[C@H]4N(C)CCC[C@]4(C)[C@H]3CC[C@]12C. The molecule has 33 heavy (non-hydrogen) atoms. The van der Waals surface area contributed by atoms with Crippen LogP contribution in [0.2, 0.25) is 0 Å². The highest BCUT2D eigenvalue weighted by atomic mass is 19.1. The van der Waals surface area contributed by atoms with Crippen LogP contribution in [0.4, 0.5) is 8.78 Å². The van der Waals surface area contributed by atoms with Crippen molar-refractivity contribution < 1.29 is 18.3 Å². The van der Waals surface area contributed by atoms with E-state index in [1.807, 2.05) is 6.92 Å². The maximum Gasteiger partial charge on any atom is 0.338 e. The third kappa shape index (κ3) is 3.73. The Morgan fingerprint density at radius 1 is 1.00 bits per heavy atom. The predicted molar refractivity (Wildman–Crippen MR) is 125 cm³/mol. The van der Waals surface area contributed by atoms with E-state index in [1.54, 1.807) is 0 Å². The lowest BCUT2D eigenvalue weighted by molar-refractivity contribution is -0.129. The highest BCUT2D eigenvalue weighted by molar-refractivity contribution is 5.89. The first kappa shape index (κ1) is 23.3. The smallest absolute Gasteiger partial charge is 0.338 e. The molecule has 8 atom stereocenters. The molecule has 0 aromatic heterocycles. The third-order valence-corrected chi connectivity index (χ3v) is 10.6. The number of carbonyl (C=O) groups is 1. The number of fused-ring (bicyclic) bond motifs is 5. The average Bonchev–Trinajstić information content (AvgIpc) is 3.10. The Hall–Kier alpha value is -1.49. The number of piperidine rings is 1. The molecule has 0 N–H and O–H groups in total. The fraction of sp³-hybridized carbons (Fsp3) is 0.750. The number of halogens is 2. The van der Waals surface area contributed by atoms with Crippen molar-refractivity contribution in [2.45, 2.75) is 84.3 Å². The molecule has 182 valence electrons. The molecule has 0 spiro atoms. The zero-order valence-corrected chi connectivity index (χ0v) is 20.6. The summed E-state index contributed by atoms with van der Waals surface area (Å²) in [6.45, 7) is 8.21. The number of carbonyl (C=O) groups excluding carboxylic acids is 1. The van der Waals surface area contributed by atoms with Gasteiger partial charge in [-0.2, -0.15) is 0 Å². The summed E-state index contributed by atoms with van der Waals surface area (Å²) in [7, 11) is 2.32. The van der Waals surface area contributed by atoms with Gasteiger partial charge in [0.2, 0.25) is 0 Å². The number of rotatable bonds is 3. The lowest BCUT2D eigenvalue weighted by atomic mass is 9.46. The highest BCUT2D eigenvalue weighted by Gasteiger charge is 2.61. The molecule has 5 rings (SSSR count). The second-order valence-corrected chi connectivity index (χ2v) is 12.1. The number of hydrogen-bond donors (Lipinski definition) is 0. The molecule has 1 aromatic carbocycles. The van der Waals surface area contributed by atoms with Crippen molar-refractivity contribution in [3.63, 3.8) is 0 Å². The largest absolute Gasteiger partial charge is 0.459 e. The Kier molecular flexibility index (Phi) is 5.86. The van der Waals surface area contributed by atoms with Crippen molar-refractivity contribution >= 4 is 5.97 Å². The van der Waals surface area contributed by atoms with Gasteiger partial charge in [-0.1, -0.05) is 13.8 Å². The lowest BCUT2D eigenvalue weighted by Crippen LogP contribution is -2.60. The summed E-state index contributed by atoms with van der Waals surface area (Å²) in [5, 5.41) is 0. The van der Waals surface area contributed by atoms with Crippen molar-refractivity contribution in [3.8, 4) is 0 Å². The van der Waals surface area contributed by atoms with E-state index in [4.69, 9.17) is 4.74 Å². The van der Waals surface area contributed by atoms with Gasteiger partial charge in [0.05, 0.1) is 5.56 Å². The topological polar surface area (TPSA) is 29.5 Å². The molecule has 0 amide bonds. The van der Waals surface area contributed by atoms with Crippen LogP contribution in [0.25, 0.3) is 0 Å². The third-order valence-electron chi connectivity index (χ3n) is 10.6.